The number of likely N-dealkylation sites (N-methyl/N-ethyl adjacent to an activating group) is 1. The molecule has 18 heavy (non-hydrogen) atoms. The minimum atomic E-state index is -0.180. The Hall–Kier alpha value is -0.980. The molecule has 2 rings (SSSR count). The van der Waals surface area contributed by atoms with Gasteiger partial charge in [0.25, 0.3) is 0 Å². The van der Waals surface area contributed by atoms with Crippen LogP contribution in [0, 0.1) is 0 Å². The molecule has 1 aromatic heterocycles. The number of aromatic nitrogens is 2. The van der Waals surface area contributed by atoms with Gasteiger partial charge in [-0.05, 0) is 20.0 Å². The average Bonchev–Trinajstić information content (AvgIpc) is 2.78. The van der Waals surface area contributed by atoms with Crippen LogP contribution in [-0.2, 0) is 10.2 Å². The minimum absolute atomic E-state index is 0.0880. The molecule has 102 valence electrons. The summed E-state index contributed by atoms with van der Waals surface area (Å²) in [4.78, 5) is 6.68. The summed E-state index contributed by atoms with van der Waals surface area (Å²) >= 11 is 0. The van der Waals surface area contributed by atoms with Gasteiger partial charge in [0.2, 0.25) is 11.7 Å². The third-order valence-electron chi connectivity index (χ3n) is 3.35. The van der Waals surface area contributed by atoms with Gasteiger partial charge >= 0.3 is 0 Å². The van der Waals surface area contributed by atoms with Crippen molar-refractivity contribution in [3.8, 4) is 0 Å². The number of rotatable bonds is 4. The van der Waals surface area contributed by atoms with Crippen molar-refractivity contribution in [2.75, 3.05) is 33.3 Å². The largest absolute Gasteiger partial charge is 0.367 e. The van der Waals surface area contributed by atoms with Crippen LogP contribution in [0.5, 0.6) is 0 Å². The van der Waals surface area contributed by atoms with Gasteiger partial charge in [0, 0.05) is 18.5 Å². The fraction of sp³-hybridized carbons (Fsp3) is 0.833. The molecule has 2 heterocycles. The van der Waals surface area contributed by atoms with Crippen LogP contribution in [0.25, 0.3) is 0 Å². The molecule has 0 aromatic carbocycles. The number of nitrogens with two attached hydrogens (primary N) is 1. The molecule has 1 aromatic rings. The summed E-state index contributed by atoms with van der Waals surface area (Å²) in [6, 6.07) is 0. The van der Waals surface area contributed by atoms with Crippen LogP contribution in [0.3, 0.4) is 0 Å². The summed E-state index contributed by atoms with van der Waals surface area (Å²) in [6.45, 7) is 7.18. The first-order valence-electron chi connectivity index (χ1n) is 6.37. The lowest BCUT2D eigenvalue weighted by Gasteiger charge is -2.27. The van der Waals surface area contributed by atoms with Crippen LogP contribution in [0.1, 0.15) is 38.1 Å². The zero-order valence-corrected chi connectivity index (χ0v) is 11.3. The van der Waals surface area contributed by atoms with Crippen LogP contribution in [0.4, 0.5) is 0 Å². The zero-order valence-electron chi connectivity index (χ0n) is 11.3. The maximum absolute atomic E-state index is 5.67. The molecule has 1 fully saturated rings. The van der Waals surface area contributed by atoms with E-state index in [9.17, 15) is 0 Å². The highest BCUT2D eigenvalue weighted by Gasteiger charge is 2.30. The standard InChI is InChI=1S/C12H22N4O2/c1-12(2,4-5-13)11-14-10(15-18-11)9-8-16(3)6-7-17-9/h9H,4-8,13H2,1-3H3. The van der Waals surface area contributed by atoms with Gasteiger partial charge in [-0.1, -0.05) is 19.0 Å². The molecule has 0 saturated carbocycles. The number of hydrogen-bond acceptors (Lipinski definition) is 6. The van der Waals surface area contributed by atoms with E-state index in [1.54, 1.807) is 0 Å². The van der Waals surface area contributed by atoms with Crippen molar-refractivity contribution in [1.82, 2.24) is 15.0 Å². The molecule has 1 aliphatic rings. The van der Waals surface area contributed by atoms with E-state index in [0.29, 0.717) is 24.9 Å². The number of nitrogens with zero attached hydrogens (tertiary/aromatic N) is 3. The van der Waals surface area contributed by atoms with Crippen LogP contribution in [0.15, 0.2) is 4.52 Å². The van der Waals surface area contributed by atoms with Crippen LogP contribution in [-0.4, -0.2) is 48.3 Å². The quantitative estimate of drug-likeness (QED) is 0.852. The smallest absolute Gasteiger partial charge is 0.232 e. The van der Waals surface area contributed by atoms with Crippen molar-refractivity contribution in [3.05, 3.63) is 11.7 Å². The van der Waals surface area contributed by atoms with Crippen LogP contribution in [0.2, 0.25) is 0 Å². The highest BCUT2D eigenvalue weighted by atomic mass is 16.5. The molecule has 1 unspecified atom stereocenters. The van der Waals surface area contributed by atoms with E-state index in [0.717, 1.165) is 19.5 Å². The van der Waals surface area contributed by atoms with E-state index in [4.69, 9.17) is 15.0 Å². The molecule has 0 bridgehead atoms. The molecule has 2 N–H and O–H groups in total. The third-order valence-corrected chi connectivity index (χ3v) is 3.35. The van der Waals surface area contributed by atoms with Crippen molar-refractivity contribution in [1.29, 1.82) is 0 Å². The molecule has 0 amide bonds. The SMILES string of the molecule is CN1CCOC(c2noc(C(C)(C)CCN)n2)C1. The maximum atomic E-state index is 5.67. The lowest BCUT2D eigenvalue weighted by Crippen LogP contribution is -2.35. The van der Waals surface area contributed by atoms with E-state index in [1.807, 2.05) is 0 Å². The topological polar surface area (TPSA) is 77.4 Å². The molecular formula is C12H22N4O2. The summed E-state index contributed by atoms with van der Waals surface area (Å²) in [6.07, 6.45) is 0.731. The molecule has 6 nitrogen and oxygen atoms in total. The normalized spacial score (nSPS) is 22.3. The molecule has 6 heteroatoms. The fourth-order valence-electron chi connectivity index (χ4n) is 2.04. The maximum Gasteiger partial charge on any atom is 0.232 e. The highest BCUT2D eigenvalue weighted by molar-refractivity contribution is 5.03. The fourth-order valence-corrected chi connectivity index (χ4v) is 2.04. The first kappa shape index (κ1) is 13.5. The van der Waals surface area contributed by atoms with Gasteiger partial charge in [0.15, 0.2) is 0 Å². The van der Waals surface area contributed by atoms with Gasteiger partial charge in [0.1, 0.15) is 6.10 Å². The van der Waals surface area contributed by atoms with Crippen molar-refractivity contribution >= 4 is 0 Å². The first-order chi connectivity index (χ1) is 8.53. The van der Waals surface area contributed by atoms with Gasteiger partial charge in [-0.15, -0.1) is 0 Å². The van der Waals surface area contributed by atoms with Gasteiger partial charge in [-0.3, -0.25) is 0 Å². The lowest BCUT2D eigenvalue weighted by molar-refractivity contribution is -0.0264. The summed E-state index contributed by atoms with van der Waals surface area (Å²) in [5, 5.41) is 4.04. The molecule has 0 aliphatic carbocycles. The Morgan fingerprint density at radius 3 is 2.94 bits per heavy atom. The Morgan fingerprint density at radius 1 is 1.50 bits per heavy atom. The van der Waals surface area contributed by atoms with E-state index in [1.165, 1.54) is 0 Å². The van der Waals surface area contributed by atoms with Crippen molar-refractivity contribution in [2.24, 2.45) is 5.73 Å². The average molecular weight is 254 g/mol. The summed E-state index contributed by atoms with van der Waals surface area (Å²) in [5.74, 6) is 1.28. The number of ether oxygens (including phenoxy) is 1. The Kier molecular flexibility index (Phi) is 3.99. The molecule has 1 aliphatic heterocycles. The third kappa shape index (κ3) is 2.88. The van der Waals surface area contributed by atoms with E-state index >= 15 is 0 Å². The Labute approximate surface area is 107 Å². The molecule has 1 atom stereocenters. The number of morpholine rings is 1. The second-order valence-corrected chi connectivity index (χ2v) is 5.50. The molecule has 1 saturated heterocycles. The predicted molar refractivity (Wildman–Crippen MR) is 67.2 cm³/mol. The summed E-state index contributed by atoms with van der Waals surface area (Å²) < 4.78 is 11.0. The monoisotopic (exact) mass is 254 g/mol. The molecule has 0 spiro atoms. The number of hydrogen-bond donors (Lipinski definition) is 1. The van der Waals surface area contributed by atoms with Crippen molar-refractivity contribution in [2.45, 2.75) is 31.8 Å². The van der Waals surface area contributed by atoms with Gasteiger partial charge in [-0.25, -0.2) is 0 Å². The summed E-state index contributed by atoms with van der Waals surface area (Å²) in [5.41, 5.74) is 5.42. The minimum Gasteiger partial charge on any atom is -0.367 e. The Bertz CT molecular complexity index is 391. The summed E-state index contributed by atoms with van der Waals surface area (Å²) in [7, 11) is 2.06. The van der Waals surface area contributed by atoms with Gasteiger partial charge < -0.3 is 19.9 Å². The second kappa shape index (κ2) is 5.34. The van der Waals surface area contributed by atoms with E-state index in [2.05, 4.69) is 35.9 Å². The Balaban J connectivity index is 2.10. The lowest BCUT2D eigenvalue weighted by atomic mass is 9.89. The van der Waals surface area contributed by atoms with Gasteiger partial charge in [-0.2, -0.15) is 4.98 Å². The Morgan fingerprint density at radius 2 is 2.28 bits per heavy atom. The predicted octanol–water partition coefficient (Wildman–Crippen LogP) is 0.699. The van der Waals surface area contributed by atoms with Crippen molar-refractivity contribution in [3.63, 3.8) is 0 Å². The van der Waals surface area contributed by atoms with Crippen LogP contribution < -0.4 is 5.73 Å². The van der Waals surface area contributed by atoms with Gasteiger partial charge in [0.05, 0.1) is 6.61 Å². The van der Waals surface area contributed by atoms with Crippen LogP contribution >= 0.6 is 0 Å². The van der Waals surface area contributed by atoms with E-state index < -0.39 is 0 Å². The second-order valence-electron chi connectivity index (χ2n) is 5.50. The zero-order chi connectivity index (χ0) is 13.2. The first-order valence-corrected chi connectivity index (χ1v) is 6.37. The molecular weight excluding hydrogens is 232 g/mol. The molecule has 0 radical (unpaired) electrons. The highest BCUT2D eigenvalue weighted by Crippen LogP contribution is 2.27. The van der Waals surface area contributed by atoms with Crippen molar-refractivity contribution < 1.29 is 9.26 Å². The van der Waals surface area contributed by atoms with E-state index in [-0.39, 0.29) is 11.5 Å².